The molecule has 0 unspecified atom stereocenters. The molecule has 0 spiro atoms. The van der Waals surface area contributed by atoms with E-state index in [0.29, 0.717) is 31.1 Å². The van der Waals surface area contributed by atoms with Crippen molar-refractivity contribution in [3.8, 4) is 0 Å². The lowest BCUT2D eigenvalue weighted by Gasteiger charge is -2.39. The van der Waals surface area contributed by atoms with Gasteiger partial charge in [0.2, 0.25) is 5.92 Å². The smallest absolute Gasteiger partial charge is 0.248 e. The first-order chi connectivity index (χ1) is 8.44. The van der Waals surface area contributed by atoms with Crippen LogP contribution in [-0.4, -0.2) is 22.0 Å². The molecule has 1 aromatic rings. The lowest BCUT2D eigenvalue weighted by Crippen LogP contribution is -2.43. The Hall–Kier alpha value is -0.680. The Morgan fingerprint density at radius 3 is 2.50 bits per heavy atom. The minimum atomic E-state index is -2.57. The van der Waals surface area contributed by atoms with Crippen LogP contribution < -0.4 is 5.73 Å². The molecule has 6 heteroatoms. The van der Waals surface area contributed by atoms with Gasteiger partial charge in [0.05, 0.1) is 12.0 Å². The van der Waals surface area contributed by atoms with E-state index in [1.165, 1.54) is 0 Å². The van der Waals surface area contributed by atoms with Crippen molar-refractivity contribution in [1.82, 2.24) is 9.55 Å². The highest BCUT2D eigenvalue weighted by Gasteiger charge is 2.46. The summed E-state index contributed by atoms with van der Waals surface area (Å²) in [6, 6.07) is 0. The molecule has 1 aromatic heterocycles. The maximum atomic E-state index is 13.3. The van der Waals surface area contributed by atoms with Crippen molar-refractivity contribution < 1.29 is 8.78 Å². The number of rotatable bonds is 3. The molecule has 0 amide bonds. The first kappa shape index (κ1) is 13.7. The Morgan fingerprint density at radius 1 is 1.39 bits per heavy atom. The van der Waals surface area contributed by atoms with E-state index in [2.05, 4.69) is 4.98 Å². The average molecular weight is 278 g/mol. The molecule has 2 rings (SSSR count). The molecule has 2 N–H and O–H groups in total. The minimum Gasteiger partial charge on any atom is -0.333 e. The zero-order chi connectivity index (χ0) is 13.4. The molecule has 0 atom stereocenters. The number of imidazole rings is 1. The summed E-state index contributed by atoms with van der Waals surface area (Å²) in [4.78, 5) is 4.08. The topological polar surface area (TPSA) is 43.8 Å². The fraction of sp³-hybridized carbons (Fsp3) is 0.750. The van der Waals surface area contributed by atoms with Crippen molar-refractivity contribution in [2.75, 3.05) is 6.54 Å². The SMILES string of the molecule is CCn1cnc(Cl)c1C1(CN)CCC(F)(F)CC1. The summed E-state index contributed by atoms with van der Waals surface area (Å²) in [5, 5.41) is 0.396. The van der Waals surface area contributed by atoms with E-state index < -0.39 is 11.3 Å². The summed E-state index contributed by atoms with van der Waals surface area (Å²) in [5.41, 5.74) is 6.24. The Balaban J connectivity index is 2.36. The van der Waals surface area contributed by atoms with Gasteiger partial charge in [0.25, 0.3) is 0 Å². The average Bonchev–Trinajstić information content (AvgIpc) is 2.72. The van der Waals surface area contributed by atoms with Crippen LogP contribution in [0, 0.1) is 0 Å². The van der Waals surface area contributed by atoms with E-state index >= 15 is 0 Å². The molecule has 102 valence electrons. The van der Waals surface area contributed by atoms with Gasteiger partial charge in [-0.05, 0) is 19.8 Å². The van der Waals surface area contributed by atoms with Gasteiger partial charge >= 0.3 is 0 Å². The van der Waals surface area contributed by atoms with Crippen molar-refractivity contribution >= 4 is 11.6 Å². The molecule has 0 aromatic carbocycles. The fourth-order valence-corrected chi connectivity index (χ4v) is 3.11. The first-order valence-corrected chi connectivity index (χ1v) is 6.61. The Morgan fingerprint density at radius 2 is 2.00 bits per heavy atom. The van der Waals surface area contributed by atoms with Crippen LogP contribution in [0.3, 0.4) is 0 Å². The van der Waals surface area contributed by atoms with Gasteiger partial charge in [0.1, 0.15) is 0 Å². The molecule has 1 saturated carbocycles. The number of aromatic nitrogens is 2. The van der Waals surface area contributed by atoms with E-state index in [1.807, 2.05) is 11.5 Å². The highest BCUT2D eigenvalue weighted by molar-refractivity contribution is 6.30. The summed E-state index contributed by atoms with van der Waals surface area (Å²) in [6.45, 7) is 3.02. The predicted molar refractivity (Wildman–Crippen MR) is 67.1 cm³/mol. The molecule has 1 fully saturated rings. The van der Waals surface area contributed by atoms with Crippen LogP contribution >= 0.6 is 11.6 Å². The molecular weight excluding hydrogens is 260 g/mol. The number of nitrogens with two attached hydrogens (primary N) is 1. The number of hydrogen-bond acceptors (Lipinski definition) is 2. The monoisotopic (exact) mass is 277 g/mol. The van der Waals surface area contributed by atoms with E-state index in [9.17, 15) is 8.78 Å². The van der Waals surface area contributed by atoms with E-state index in [4.69, 9.17) is 17.3 Å². The van der Waals surface area contributed by atoms with Crippen LogP contribution in [0.4, 0.5) is 8.78 Å². The summed E-state index contributed by atoms with van der Waals surface area (Å²) in [5.74, 6) is -2.57. The van der Waals surface area contributed by atoms with Crippen molar-refractivity contribution in [2.24, 2.45) is 5.73 Å². The highest BCUT2D eigenvalue weighted by Crippen LogP contribution is 2.46. The van der Waals surface area contributed by atoms with Crippen molar-refractivity contribution in [1.29, 1.82) is 0 Å². The van der Waals surface area contributed by atoms with Gasteiger partial charge in [-0.1, -0.05) is 11.6 Å². The molecule has 1 aliphatic rings. The predicted octanol–water partition coefficient (Wildman–Crippen LogP) is 2.96. The molecule has 18 heavy (non-hydrogen) atoms. The number of halogens is 3. The quantitative estimate of drug-likeness (QED) is 0.923. The molecule has 0 radical (unpaired) electrons. The second-order valence-electron chi connectivity index (χ2n) is 5.01. The molecule has 0 bridgehead atoms. The van der Waals surface area contributed by atoms with Crippen LogP contribution in [0.1, 0.15) is 38.3 Å². The van der Waals surface area contributed by atoms with Gasteiger partial charge < -0.3 is 10.3 Å². The van der Waals surface area contributed by atoms with E-state index in [-0.39, 0.29) is 12.8 Å². The van der Waals surface area contributed by atoms with Gasteiger partial charge in [-0.3, -0.25) is 0 Å². The maximum Gasteiger partial charge on any atom is 0.248 e. The maximum absolute atomic E-state index is 13.3. The molecular formula is C12H18ClF2N3. The fourth-order valence-electron chi connectivity index (χ4n) is 2.75. The van der Waals surface area contributed by atoms with Gasteiger partial charge in [0, 0.05) is 31.3 Å². The van der Waals surface area contributed by atoms with Crippen LogP contribution in [0.5, 0.6) is 0 Å². The second kappa shape index (κ2) is 4.78. The minimum absolute atomic E-state index is 0.130. The lowest BCUT2D eigenvalue weighted by molar-refractivity contribution is -0.0517. The number of nitrogens with zero attached hydrogens (tertiary/aromatic N) is 2. The highest BCUT2D eigenvalue weighted by atomic mass is 35.5. The van der Waals surface area contributed by atoms with Crippen LogP contribution in [0.25, 0.3) is 0 Å². The zero-order valence-electron chi connectivity index (χ0n) is 10.4. The van der Waals surface area contributed by atoms with Crippen molar-refractivity contribution in [2.45, 2.75) is 50.5 Å². The summed E-state index contributed by atoms with van der Waals surface area (Å²) >= 11 is 6.12. The molecule has 0 saturated heterocycles. The van der Waals surface area contributed by atoms with E-state index in [0.717, 1.165) is 5.69 Å². The molecule has 1 heterocycles. The van der Waals surface area contributed by atoms with Crippen molar-refractivity contribution in [3.05, 3.63) is 17.2 Å². The van der Waals surface area contributed by atoms with Crippen LogP contribution in [0.15, 0.2) is 6.33 Å². The number of alkyl halides is 2. The third-order valence-corrected chi connectivity index (χ3v) is 4.24. The number of hydrogen-bond donors (Lipinski definition) is 1. The zero-order valence-corrected chi connectivity index (χ0v) is 11.2. The standard InChI is InChI=1S/C12H18ClF2N3/c1-2-18-8-17-10(13)9(18)11(7-16)3-5-12(14,15)6-4-11/h8H,2-7,16H2,1H3. The van der Waals surface area contributed by atoms with E-state index in [1.54, 1.807) is 6.33 Å². The third-order valence-electron chi connectivity index (χ3n) is 3.97. The lowest BCUT2D eigenvalue weighted by atomic mass is 9.70. The summed E-state index contributed by atoms with van der Waals surface area (Å²) < 4.78 is 28.5. The van der Waals surface area contributed by atoms with Crippen LogP contribution in [-0.2, 0) is 12.0 Å². The summed E-state index contributed by atoms with van der Waals surface area (Å²) in [6.07, 6.45) is 2.12. The largest absolute Gasteiger partial charge is 0.333 e. The van der Waals surface area contributed by atoms with Gasteiger partial charge in [0.15, 0.2) is 5.15 Å². The molecule has 1 aliphatic carbocycles. The Bertz CT molecular complexity index is 421. The van der Waals surface area contributed by atoms with Crippen LogP contribution in [0.2, 0.25) is 5.15 Å². The first-order valence-electron chi connectivity index (χ1n) is 6.23. The Kier molecular flexibility index (Phi) is 3.65. The second-order valence-corrected chi connectivity index (χ2v) is 5.37. The van der Waals surface area contributed by atoms with Gasteiger partial charge in [-0.2, -0.15) is 0 Å². The van der Waals surface area contributed by atoms with Gasteiger partial charge in [-0.15, -0.1) is 0 Å². The normalized spacial score (nSPS) is 22.1. The third kappa shape index (κ3) is 2.26. The Labute approximate surface area is 110 Å². The van der Waals surface area contributed by atoms with Crippen molar-refractivity contribution in [3.63, 3.8) is 0 Å². The molecule has 3 nitrogen and oxygen atoms in total. The summed E-state index contributed by atoms with van der Waals surface area (Å²) in [7, 11) is 0. The number of aryl methyl sites for hydroxylation is 1. The van der Waals surface area contributed by atoms with Gasteiger partial charge in [-0.25, -0.2) is 13.8 Å². The molecule has 0 aliphatic heterocycles.